The summed E-state index contributed by atoms with van der Waals surface area (Å²) in [5, 5.41) is 0. The second-order valence-corrected chi connectivity index (χ2v) is 4.34. The lowest BCUT2D eigenvalue weighted by Crippen LogP contribution is -2.01. The van der Waals surface area contributed by atoms with Crippen LogP contribution in [0.25, 0.3) is 0 Å². The van der Waals surface area contributed by atoms with Gasteiger partial charge in [0.05, 0.1) is 6.61 Å². The highest BCUT2D eigenvalue weighted by atomic mass is 127. The Morgan fingerprint density at radius 1 is 1.27 bits per heavy atom. The first-order chi connectivity index (χ1) is 7.13. The van der Waals surface area contributed by atoms with Gasteiger partial charge in [0, 0.05) is 12.0 Å². The quantitative estimate of drug-likeness (QED) is 0.471. The number of rotatable bonds is 5. The molecule has 0 aliphatic heterocycles. The number of aryl methyl sites for hydroxylation is 2. The van der Waals surface area contributed by atoms with Crippen LogP contribution in [0.3, 0.4) is 0 Å². The van der Waals surface area contributed by atoms with Crippen LogP contribution in [0, 0.1) is 13.8 Å². The Kier molecular flexibility index (Phi) is 5.25. The fourth-order valence-corrected chi connectivity index (χ4v) is 1.88. The molecule has 0 bridgehead atoms. The summed E-state index contributed by atoms with van der Waals surface area (Å²) in [5.74, 6) is 0.204. The summed E-state index contributed by atoms with van der Waals surface area (Å²) in [6.45, 7) is 4.66. The molecule has 0 atom stereocenters. The van der Waals surface area contributed by atoms with Crippen LogP contribution in [0.15, 0.2) is 18.2 Å². The number of hydrogen-bond donors (Lipinski definition) is 0. The van der Waals surface area contributed by atoms with Gasteiger partial charge in [0.15, 0.2) is 5.78 Å². The van der Waals surface area contributed by atoms with Crippen molar-refractivity contribution >= 4 is 28.8 Å². The number of carbonyl (C=O) groups excluding carboxylic acids is 1. The predicted molar refractivity (Wildman–Crippen MR) is 69.5 cm³/mol. The Morgan fingerprint density at radius 3 is 2.40 bits per heavy atom. The first-order valence-electron chi connectivity index (χ1n) is 4.98. The van der Waals surface area contributed by atoms with Crippen molar-refractivity contribution in [3.8, 4) is 0 Å². The average molecular weight is 318 g/mol. The van der Waals surface area contributed by atoms with Gasteiger partial charge in [-0.05, 0) is 32.4 Å². The molecule has 0 aliphatic carbocycles. The lowest BCUT2D eigenvalue weighted by Gasteiger charge is -2.03. The van der Waals surface area contributed by atoms with Crippen molar-refractivity contribution in [2.24, 2.45) is 0 Å². The van der Waals surface area contributed by atoms with Gasteiger partial charge >= 0.3 is 0 Å². The van der Waals surface area contributed by atoms with Crippen LogP contribution in [-0.4, -0.2) is 12.4 Å². The van der Waals surface area contributed by atoms with Gasteiger partial charge in [0.25, 0.3) is 0 Å². The minimum Gasteiger partial charge on any atom is -0.316 e. The number of hydrogen-bond acceptors (Lipinski definition) is 2. The summed E-state index contributed by atoms with van der Waals surface area (Å²) in [6.07, 6.45) is 1.35. The third-order valence-corrected chi connectivity index (χ3v) is 2.61. The Morgan fingerprint density at radius 2 is 1.87 bits per heavy atom. The lowest BCUT2D eigenvalue weighted by molar-refractivity contribution is 0.0976. The third-order valence-electron chi connectivity index (χ3n) is 2.17. The second-order valence-electron chi connectivity index (χ2n) is 3.72. The highest BCUT2D eigenvalue weighted by Crippen LogP contribution is 2.12. The first kappa shape index (κ1) is 12.6. The second kappa shape index (κ2) is 6.23. The van der Waals surface area contributed by atoms with E-state index < -0.39 is 0 Å². The molecule has 0 N–H and O–H groups in total. The molecule has 2 nitrogen and oxygen atoms in total. The highest BCUT2D eigenvalue weighted by Gasteiger charge is 2.06. The molecule has 0 unspecified atom stereocenters. The van der Waals surface area contributed by atoms with Gasteiger partial charge in [-0.25, -0.2) is 0 Å². The Balaban J connectivity index is 2.65. The van der Waals surface area contributed by atoms with E-state index in [-0.39, 0.29) is 5.78 Å². The van der Waals surface area contributed by atoms with Crippen molar-refractivity contribution in [3.05, 3.63) is 34.9 Å². The molecule has 0 amide bonds. The molecule has 3 heteroatoms. The van der Waals surface area contributed by atoms with Crippen LogP contribution >= 0.6 is 23.0 Å². The molecule has 0 spiro atoms. The van der Waals surface area contributed by atoms with Gasteiger partial charge in [-0.1, -0.05) is 17.2 Å². The van der Waals surface area contributed by atoms with Crippen LogP contribution in [0.5, 0.6) is 0 Å². The zero-order valence-electron chi connectivity index (χ0n) is 9.05. The monoisotopic (exact) mass is 318 g/mol. The van der Waals surface area contributed by atoms with Crippen molar-refractivity contribution in [2.45, 2.75) is 26.7 Å². The van der Waals surface area contributed by atoms with Gasteiger partial charge < -0.3 is 3.07 Å². The summed E-state index contributed by atoms with van der Waals surface area (Å²) in [5.41, 5.74) is 3.10. The maximum absolute atomic E-state index is 11.8. The summed E-state index contributed by atoms with van der Waals surface area (Å²) < 4.78 is 4.89. The van der Waals surface area contributed by atoms with Crippen LogP contribution < -0.4 is 0 Å². The van der Waals surface area contributed by atoms with Crippen LogP contribution in [0.1, 0.15) is 34.3 Å². The largest absolute Gasteiger partial charge is 0.316 e. The SMILES string of the molecule is Cc1cc(C)cc(C(=O)CCCOI)c1. The average Bonchev–Trinajstić information content (AvgIpc) is 2.16. The van der Waals surface area contributed by atoms with Crippen molar-refractivity contribution in [1.29, 1.82) is 0 Å². The normalized spacial score (nSPS) is 10.3. The molecular formula is C12H15IO2. The van der Waals surface area contributed by atoms with Crippen LogP contribution in [-0.2, 0) is 3.07 Å². The summed E-state index contributed by atoms with van der Waals surface area (Å²) in [4.78, 5) is 11.8. The van der Waals surface area contributed by atoms with E-state index in [1.54, 1.807) is 0 Å². The molecule has 0 fully saturated rings. The number of halogens is 1. The van der Waals surface area contributed by atoms with Crippen molar-refractivity contribution in [1.82, 2.24) is 0 Å². The molecule has 0 aliphatic rings. The summed E-state index contributed by atoms with van der Waals surface area (Å²) in [7, 11) is 0. The van der Waals surface area contributed by atoms with E-state index >= 15 is 0 Å². The Labute approximate surface area is 105 Å². The molecule has 1 aromatic rings. The fraction of sp³-hybridized carbons (Fsp3) is 0.417. The smallest absolute Gasteiger partial charge is 0.162 e. The first-order valence-corrected chi connectivity index (χ1v) is 5.86. The van der Waals surface area contributed by atoms with Gasteiger partial charge in [0.2, 0.25) is 0 Å². The maximum atomic E-state index is 11.8. The van der Waals surface area contributed by atoms with Gasteiger partial charge in [-0.3, -0.25) is 4.79 Å². The van der Waals surface area contributed by atoms with Gasteiger partial charge in [-0.2, -0.15) is 0 Å². The topological polar surface area (TPSA) is 26.3 Å². The zero-order valence-corrected chi connectivity index (χ0v) is 11.2. The molecule has 0 aromatic heterocycles. The standard InChI is InChI=1S/C12H15IO2/c1-9-6-10(2)8-11(7-9)12(14)4-3-5-15-13/h6-8H,3-5H2,1-2H3. The predicted octanol–water partition coefficient (Wildman–Crippen LogP) is 3.63. The minimum atomic E-state index is 0.204. The van der Waals surface area contributed by atoms with Crippen molar-refractivity contribution < 1.29 is 7.86 Å². The van der Waals surface area contributed by atoms with E-state index in [4.69, 9.17) is 3.07 Å². The minimum absolute atomic E-state index is 0.204. The van der Waals surface area contributed by atoms with Gasteiger partial charge in [0.1, 0.15) is 23.0 Å². The highest BCUT2D eigenvalue weighted by molar-refractivity contribution is 14.1. The van der Waals surface area contributed by atoms with Crippen LogP contribution in [0.4, 0.5) is 0 Å². The van der Waals surface area contributed by atoms with E-state index in [0.717, 1.165) is 23.1 Å². The molecule has 82 valence electrons. The molecule has 1 rings (SSSR count). The summed E-state index contributed by atoms with van der Waals surface area (Å²) in [6, 6.07) is 5.96. The molecule has 1 aromatic carbocycles. The van der Waals surface area contributed by atoms with Crippen LogP contribution in [0.2, 0.25) is 0 Å². The molecule has 0 radical (unpaired) electrons. The molecule has 0 saturated heterocycles. The third kappa shape index (κ3) is 4.30. The Hall–Kier alpha value is -0.420. The number of ketones is 1. The lowest BCUT2D eigenvalue weighted by atomic mass is 10.0. The van der Waals surface area contributed by atoms with E-state index in [1.165, 1.54) is 0 Å². The van der Waals surface area contributed by atoms with E-state index in [9.17, 15) is 4.79 Å². The molecule has 0 heterocycles. The van der Waals surface area contributed by atoms with Crippen molar-refractivity contribution in [2.75, 3.05) is 6.61 Å². The van der Waals surface area contributed by atoms with E-state index in [2.05, 4.69) is 6.07 Å². The number of Topliss-reactive ketones (excluding diaryl/α,β-unsaturated/α-hetero) is 1. The van der Waals surface area contributed by atoms with Crippen molar-refractivity contribution in [3.63, 3.8) is 0 Å². The molecule has 0 saturated carbocycles. The van der Waals surface area contributed by atoms with E-state index in [1.807, 2.05) is 49.0 Å². The van der Waals surface area contributed by atoms with Gasteiger partial charge in [-0.15, -0.1) is 0 Å². The zero-order chi connectivity index (χ0) is 11.3. The molecular weight excluding hydrogens is 303 g/mol. The molecule has 15 heavy (non-hydrogen) atoms. The maximum Gasteiger partial charge on any atom is 0.162 e. The number of benzene rings is 1. The summed E-state index contributed by atoms with van der Waals surface area (Å²) >= 11 is 1.85. The Bertz CT molecular complexity index is 327. The number of carbonyl (C=O) groups is 1. The van der Waals surface area contributed by atoms with E-state index in [0.29, 0.717) is 13.0 Å². The fourth-order valence-electron chi connectivity index (χ4n) is 1.57.